The van der Waals surface area contributed by atoms with Gasteiger partial charge < -0.3 is 15.5 Å². The molecule has 2 N–H and O–H groups in total. The van der Waals surface area contributed by atoms with Crippen molar-refractivity contribution in [3.63, 3.8) is 0 Å². The number of rotatable bonds is 6. The molecule has 1 fully saturated rings. The highest BCUT2D eigenvalue weighted by atomic mass is 127. The Bertz CT molecular complexity index is 582. The largest absolute Gasteiger partial charge is 0.357 e. The van der Waals surface area contributed by atoms with Crippen LogP contribution in [-0.4, -0.2) is 50.5 Å². The lowest BCUT2D eigenvalue weighted by molar-refractivity contribution is -0.127. The third-order valence-electron chi connectivity index (χ3n) is 4.38. The number of nitrogens with zero attached hydrogens (tertiary/aromatic N) is 2. The molecule has 0 saturated heterocycles. The maximum Gasteiger partial charge on any atom is 0.243 e. The second kappa shape index (κ2) is 9.25. The Morgan fingerprint density at radius 2 is 1.92 bits per heavy atom. The minimum absolute atomic E-state index is 0. The average molecular weight is 444 g/mol. The topological polar surface area (TPSA) is 56.7 Å². The second-order valence-electron chi connectivity index (χ2n) is 6.43. The monoisotopic (exact) mass is 444 g/mol. The van der Waals surface area contributed by atoms with Crippen molar-refractivity contribution >= 4 is 35.8 Å². The summed E-state index contributed by atoms with van der Waals surface area (Å²) in [5, 5.41) is 6.62. The normalized spacial score (nSPS) is 15.2. The molecule has 134 valence electrons. The number of carbonyl (C=O) groups excluding carboxylic acids is 1. The zero-order valence-electron chi connectivity index (χ0n) is 15.1. The molecule has 24 heavy (non-hydrogen) atoms. The summed E-state index contributed by atoms with van der Waals surface area (Å²) in [5.41, 5.74) is 2.98. The molecule has 0 bridgehead atoms. The Labute approximate surface area is 162 Å². The van der Waals surface area contributed by atoms with E-state index in [4.69, 9.17) is 0 Å². The summed E-state index contributed by atoms with van der Waals surface area (Å²) in [6.45, 7) is 5.99. The second-order valence-corrected chi connectivity index (χ2v) is 6.43. The number of hydrogen-bond acceptors (Lipinski definition) is 2. The molecule has 1 aliphatic carbocycles. The first-order valence-electron chi connectivity index (χ1n) is 8.27. The Morgan fingerprint density at radius 1 is 1.25 bits per heavy atom. The van der Waals surface area contributed by atoms with Crippen LogP contribution in [0.15, 0.2) is 29.3 Å². The van der Waals surface area contributed by atoms with Gasteiger partial charge in [0, 0.05) is 32.6 Å². The maximum absolute atomic E-state index is 11.7. The van der Waals surface area contributed by atoms with E-state index in [1.54, 1.807) is 19.0 Å². The van der Waals surface area contributed by atoms with Gasteiger partial charge in [-0.25, -0.2) is 4.99 Å². The van der Waals surface area contributed by atoms with E-state index in [0.29, 0.717) is 5.96 Å². The molecular formula is C18H29IN4O. The summed E-state index contributed by atoms with van der Waals surface area (Å²) in [6, 6.07) is 8.59. The Hall–Kier alpha value is -1.31. The fraction of sp³-hybridized carbons (Fsp3) is 0.556. The van der Waals surface area contributed by atoms with E-state index in [1.807, 2.05) is 6.92 Å². The van der Waals surface area contributed by atoms with Gasteiger partial charge in [0.05, 0.1) is 0 Å². The number of aliphatic imine (C=N–C) groups is 1. The van der Waals surface area contributed by atoms with Crippen molar-refractivity contribution in [2.45, 2.75) is 32.1 Å². The highest BCUT2D eigenvalue weighted by molar-refractivity contribution is 14.0. The van der Waals surface area contributed by atoms with E-state index in [1.165, 1.54) is 24.0 Å². The van der Waals surface area contributed by atoms with Crippen LogP contribution in [0.3, 0.4) is 0 Å². The number of amides is 1. The van der Waals surface area contributed by atoms with E-state index in [9.17, 15) is 4.79 Å². The van der Waals surface area contributed by atoms with E-state index >= 15 is 0 Å². The first kappa shape index (κ1) is 20.7. The van der Waals surface area contributed by atoms with Gasteiger partial charge in [-0.15, -0.1) is 24.0 Å². The lowest BCUT2D eigenvalue weighted by atomic mass is 9.92. The summed E-state index contributed by atoms with van der Waals surface area (Å²) < 4.78 is 0. The van der Waals surface area contributed by atoms with Crippen LogP contribution >= 0.6 is 24.0 Å². The van der Waals surface area contributed by atoms with Crippen molar-refractivity contribution in [1.29, 1.82) is 0 Å². The van der Waals surface area contributed by atoms with Crippen molar-refractivity contribution in [2.24, 2.45) is 4.99 Å². The van der Waals surface area contributed by atoms with Gasteiger partial charge in [0.2, 0.25) is 5.91 Å². The number of halogens is 1. The van der Waals surface area contributed by atoms with Crippen molar-refractivity contribution < 1.29 is 4.79 Å². The number of likely N-dealkylation sites (N-methyl/N-ethyl adjacent to an activating group) is 1. The molecule has 1 amide bonds. The number of guanidine groups is 1. The highest BCUT2D eigenvalue weighted by Gasteiger charge is 2.44. The quantitative estimate of drug-likeness (QED) is 0.402. The molecule has 2 rings (SSSR count). The highest BCUT2D eigenvalue weighted by Crippen LogP contribution is 2.48. The van der Waals surface area contributed by atoms with Crippen LogP contribution in [-0.2, 0) is 10.2 Å². The van der Waals surface area contributed by atoms with Crippen LogP contribution in [0, 0.1) is 6.92 Å². The molecule has 0 radical (unpaired) electrons. The van der Waals surface area contributed by atoms with Crippen LogP contribution in [0.5, 0.6) is 0 Å². The predicted molar refractivity (Wildman–Crippen MR) is 110 cm³/mol. The molecule has 0 aliphatic heterocycles. The van der Waals surface area contributed by atoms with E-state index in [2.05, 4.69) is 46.8 Å². The average Bonchev–Trinajstić information content (AvgIpc) is 3.31. The summed E-state index contributed by atoms with van der Waals surface area (Å²) >= 11 is 0. The molecule has 0 spiro atoms. The van der Waals surface area contributed by atoms with Gasteiger partial charge in [0.25, 0.3) is 0 Å². The van der Waals surface area contributed by atoms with Crippen molar-refractivity contribution in [3.8, 4) is 0 Å². The van der Waals surface area contributed by atoms with Crippen LogP contribution in [0.4, 0.5) is 0 Å². The zero-order valence-corrected chi connectivity index (χ0v) is 17.4. The predicted octanol–water partition coefficient (Wildman–Crippen LogP) is 2.29. The van der Waals surface area contributed by atoms with Crippen LogP contribution in [0.1, 0.15) is 30.9 Å². The molecule has 0 aromatic heterocycles. The van der Waals surface area contributed by atoms with Crippen LogP contribution in [0.2, 0.25) is 0 Å². The summed E-state index contributed by atoms with van der Waals surface area (Å²) in [7, 11) is 3.49. The fourth-order valence-electron chi connectivity index (χ4n) is 2.74. The SMILES string of the molecule is CCNC(=NCC(=O)N(C)C)NCC1(c2ccccc2C)CC1.I. The number of aryl methyl sites for hydroxylation is 1. The lowest BCUT2D eigenvalue weighted by Crippen LogP contribution is -2.42. The van der Waals surface area contributed by atoms with Gasteiger partial charge in [0.15, 0.2) is 5.96 Å². The minimum atomic E-state index is 0. The molecular weight excluding hydrogens is 415 g/mol. The van der Waals surface area contributed by atoms with Gasteiger partial charge in [-0.2, -0.15) is 0 Å². The van der Waals surface area contributed by atoms with Crippen LogP contribution in [0.25, 0.3) is 0 Å². The standard InChI is InChI=1S/C18H28N4O.HI/c1-5-19-17(20-12-16(23)22(3)4)21-13-18(10-11-18)15-9-7-6-8-14(15)2;/h6-9H,5,10-13H2,1-4H3,(H2,19,20,21);1H. The number of benzene rings is 1. The molecule has 5 nitrogen and oxygen atoms in total. The molecule has 1 aromatic carbocycles. The molecule has 6 heteroatoms. The first-order valence-corrected chi connectivity index (χ1v) is 8.27. The Kier molecular flexibility index (Phi) is 7.99. The van der Waals surface area contributed by atoms with Crippen molar-refractivity contribution in [1.82, 2.24) is 15.5 Å². The molecule has 0 unspecified atom stereocenters. The third kappa shape index (κ3) is 5.36. The number of nitrogens with one attached hydrogen (secondary N) is 2. The van der Waals surface area contributed by atoms with Gasteiger partial charge >= 0.3 is 0 Å². The third-order valence-corrected chi connectivity index (χ3v) is 4.38. The van der Waals surface area contributed by atoms with E-state index in [-0.39, 0.29) is 41.8 Å². The summed E-state index contributed by atoms with van der Waals surface area (Å²) in [4.78, 5) is 17.6. The first-order chi connectivity index (χ1) is 11.0. The molecule has 1 aliphatic rings. The van der Waals surface area contributed by atoms with Gasteiger partial charge in [-0.3, -0.25) is 4.79 Å². The zero-order chi connectivity index (χ0) is 16.9. The summed E-state index contributed by atoms with van der Waals surface area (Å²) in [5.74, 6) is 0.713. The maximum atomic E-state index is 11.7. The molecule has 1 aromatic rings. The number of carbonyl (C=O) groups is 1. The van der Waals surface area contributed by atoms with E-state index in [0.717, 1.165) is 13.1 Å². The van der Waals surface area contributed by atoms with E-state index < -0.39 is 0 Å². The Morgan fingerprint density at radius 3 is 2.46 bits per heavy atom. The molecule has 0 atom stereocenters. The van der Waals surface area contributed by atoms with Crippen molar-refractivity contribution in [2.75, 3.05) is 33.7 Å². The lowest BCUT2D eigenvalue weighted by Gasteiger charge is -2.21. The smallest absolute Gasteiger partial charge is 0.243 e. The van der Waals surface area contributed by atoms with Crippen LogP contribution < -0.4 is 10.6 Å². The minimum Gasteiger partial charge on any atom is -0.357 e. The number of hydrogen-bond donors (Lipinski definition) is 2. The molecule has 0 heterocycles. The summed E-state index contributed by atoms with van der Waals surface area (Å²) in [6.07, 6.45) is 2.39. The Balaban J connectivity index is 0.00000288. The fourth-order valence-corrected chi connectivity index (χ4v) is 2.74. The molecule has 1 saturated carbocycles. The van der Waals surface area contributed by atoms with Gasteiger partial charge in [-0.1, -0.05) is 24.3 Å². The van der Waals surface area contributed by atoms with Gasteiger partial charge in [0.1, 0.15) is 6.54 Å². The van der Waals surface area contributed by atoms with Crippen molar-refractivity contribution in [3.05, 3.63) is 35.4 Å². The van der Waals surface area contributed by atoms with Gasteiger partial charge in [-0.05, 0) is 37.8 Å².